The van der Waals surface area contributed by atoms with Crippen LogP contribution in [0, 0.1) is 0 Å². The fourth-order valence-corrected chi connectivity index (χ4v) is 5.58. The average molecular weight is 385 g/mol. The summed E-state index contributed by atoms with van der Waals surface area (Å²) in [4.78, 5) is 16.8. The van der Waals surface area contributed by atoms with E-state index in [9.17, 15) is 13.2 Å². The molecular weight excluding hydrogens is 360 g/mol. The molecule has 1 aliphatic heterocycles. The highest BCUT2D eigenvalue weighted by Crippen LogP contribution is 2.37. The number of amides is 1. The predicted octanol–water partition coefficient (Wildman–Crippen LogP) is 2.73. The molecule has 7 heteroatoms. The third-order valence-corrected chi connectivity index (χ3v) is 8.43. The molecule has 1 saturated carbocycles. The Balaban J connectivity index is 1.72. The Morgan fingerprint density at radius 2 is 1.80 bits per heavy atom. The summed E-state index contributed by atoms with van der Waals surface area (Å²) < 4.78 is 23.9. The van der Waals surface area contributed by atoms with Crippen LogP contribution in [0.5, 0.6) is 0 Å². The summed E-state index contributed by atoms with van der Waals surface area (Å²) in [6.45, 7) is 5.63. The Labute approximate surface area is 154 Å². The van der Waals surface area contributed by atoms with Crippen molar-refractivity contribution in [2.75, 3.05) is 31.1 Å². The number of hydrogen-bond acceptors (Lipinski definition) is 4. The predicted molar refractivity (Wildman–Crippen MR) is 101 cm³/mol. The molecule has 138 valence electrons. The van der Waals surface area contributed by atoms with Crippen molar-refractivity contribution >= 4 is 33.0 Å². The number of carbonyl (C=O) groups excluding carboxylic acids is 1. The van der Waals surface area contributed by atoms with Gasteiger partial charge in [-0.3, -0.25) is 4.79 Å². The fraction of sp³-hybridized carbons (Fsp3) is 0.611. The van der Waals surface area contributed by atoms with Gasteiger partial charge in [0.15, 0.2) is 9.84 Å². The van der Waals surface area contributed by atoms with E-state index in [-0.39, 0.29) is 11.2 Å². The summed E-state index contributed by atoms with van der Waals surface area (Å²) in [6, 6.07) is 7.67. The van der Waals surface area contributed by atoms with Crippen molar-refractivity contribution in [3.8, 4) is 0 Å². The van der Waals surface area contributed by atoms with Crippen LogP contribution in [0.15, 0.2) is 24.3 Å². The molecule has 3 rings (SSSR count). The average Bonchev–Trinajstić information content (AvgIpc) is 3.41. The van der Waals surface area contributed by atoms with E-state index in [1.807, 2.05) is 24.3 Å². The van der Waals surface area contributed by atoms with Gasteiger partial charge in [0.2, 0.25) is 5.91 Å². The Hall–Kier alpha value is -1.27. The van der Waals surface area contributed by atoms with Crippen molar-refractivity contribution in [2.24, 2.45) is 0 Å². The first-order valence-electron chi connectivity index (χ1n) is 8.77. The van der Waals surface area contributed by atoms with E-state index in [1.165, 1.54) is 0 Å². The molecule has 2 aliphatic rings. The standard InChI is InChI=1S/C18H25ClN2O3S/c1-18(2,25(23,24)14-8-9-14)17(22)21-11-5-10-20(12-13-21)16-7-4-3-6-15(16)19/h3-4,6-7,14H,5,8-13H2,1-2H3. The minimum Gasteiger partial charge on any atom is -0.368 e. The normalized spacial score (nSPS) is 19.6. The van der Waals surface area contributed by atoms with Gasteiger partial charge in [-0.2, -0.15) is 0 Å². The summed E-state index contributed by atoms with van der Waals surface area (Å²) in [5.74, 6) is -0.277. The molecule has 5 nitrogen and oxygen atoms in total. The van der Waals surface area contributed by atoms with Crippen LogP contribution in [0.1, 0.15) is 33.1 Å². The van der Waals surface area contributed by atoms with Gasteiger partial charge in [0.1, 0.15) is 4.75 Å². The van der Waals surface area contributed by atoms with Crippen LogP contribution >= 0.6 is 11.6 Å². The van der Waals surface area contributed by atoms with Gasteiger partial charge in [0.25, 0.3) is 0 Å². The number of carbonyl (C=O) groups is 1. The maximum absolute atomic E-state index is 13.0. The Bertz CT molecular complexity index is 759. The van der Waals surface area contributed by atoms with Crippen molar-refractivity contribution in [3.63, 3.8) is 0 Å². The van der Waals surface area contributed by atoms with E-state index < -0.39 is 14.6 Å². The largest absolute Gasteiger partial charge is 0.368 e. The van der Waals surface area contributed by atoms with Gasteiger partial charge in [0.05, 0.1) is 16.0 Å². The molecule has 1 heterocycles. The SMILES string of the molecule is CC(C)(C(=O)N1CCCN(c2ccccc2Cl)CC1)S(=O)(=O)C1CC1. The molecule has 0 unspecified atom stereocenters. The van der Waals surface area contributed by atoms with Crippen LogP contribution in [-0.2, 0) is 14.6 Å². The van der Waals surface area contributed by atoms with Crippen LogP contribution < -0.4 is 4.90 Å². The van der Waals surface area contributed by atoms with E-state index in [2.05, 4.69) is 4.90 Å². The quantitative estimate of drug-likeness (QED) is 0.800. The lowest BCUT2D eigenvalue weighted by molar-refractivity contribution is -0.132. The number of nitrogens with zero attached hydrogens (tertiary/aromatic N) is 2. The summed E-state index contributed by atoms with van der Waals surface area (Å²) in [6.07, 6.45) is 2.15. The first kappa shape index (κ1) is 18.5. The molecule has 1 aromatic carbocycles. The number of hydrogen-bond donors (Lipinski definition) is 0. The molecule has 0 atom stereocenters. The molecule has 0 radical (unpaired) electrons. The maximum Gasteiger partial charge on any atom is 0.243 e. The highest BCUT2D eigenvalue weighted by molar-refractivity contribution is 7.94. The highest BCUT2D eigenvalue weighted by Gasteiger charge is 2.51. The lowest BCUT2D eigenvalue weighted by Crippen LogP contribution is -2.52. The molecule has 0 spiro atoms. The number of para-hydroxylation sites is 1. The lowest BCUT2D eigenvalue weighted by Gasteiger charge is -2.31. The van der Waals surface area contributed by atoms with E-state index in [1.54, 1.807) is 18.7 Å². The molecule has 25 heavy (non-hydrogen) atoms. The van der Waals surface area contributed by atoms with Gasteiger partial charge in [-0.1, -0.05) is 23.7 Å². The van der Waals surface area contributed by atoms with Crippen LogP contribution in [0.4, 0.5) is 5.69 Å². The molecule has 0 bridgehead atoms. The fourth-order valence-electron chi connectivity index (χ4n) is 3.37. The molecule has 1 aliphatic carbocycles. The summed E-state index contributed by atoms with van der Waals surface area (Å²) >= 11 is 6.28. The van der Waals surface area contributed by atoms with E-state index in [0.717, 1.165) is 18.7 Å². The monoisotopic (exact) mass is 384 g/mol. The van der Waals surface area contributed by atoms with Crippen LogP contribution in [-0.4, -0.2) is 55.4 Å². The second-order valence-corrected chi connectivity index (χ2v) is 10.5. The van der Waals surface area contributed by atoms with Crippen molar-refractivity contribution in [2.45, 2.75) is 43.1 Å². The molecule has 1 aromatic rings. The van der Waals surface area contributed by atoms with Crippen molar-refractivity contribution < 1.29 is 13.2 Å². The van der Waals surface area contributed by atoms with Crippen molar-refractivity contribution in [1.29, 1.82) is 0 Å². The zero-order chi connectivity index (χ0) is 18.2. The minimum absolute atomic E-state index is 0.277. The molecule has 0 N–H and O–H groups in total. The van der Waals surface area contributed by atoms with Crippen LogP contribution in [0.3, 0.4) is 0 Å². The minimum atomic E-state index is -3.42. The molecular formula is C18H25ClN2O3S. The molecule has 1 saturated heterocycles. The van der Waals surface area contributed by atoms with Crippen molar-refractivity contribution in [3.05, 3.63) is 29.3 Å². The van der Waals surface area contributed by atoms with Crippen molar-refractivity contribution in [1.82, 2.24) is 4.90 Å². The Morgan fingerprint density at radius 1 is 1.12 bits per heavy atom. The Morgan fingerprint density at radius 3 is 2.44 bits per heavy atom. The maximum atomic E-state index is 13.0. The first-order valence-corrected chi connectivity index (χ1v) is 10.7. The van der Waals surface area contributed by atoms with Gasteiger partial charge < -0.3 is 9.80 Å². The second-order valence-electron chi connectivity index (χ2n) is 7.34. The smallest absolute Gasteiger partial charge is 0.243 e. The zero-order valence-corrected chi connectivity index (χ0v) is 16.3. The third-order valence-electron chi connectivity index (χ3n) is 5.17. The summed E-state index contributed by atoms with van der Waals surface area (Å²) in [7, 11) is -3.42. The van der Waals surface area contributed by atoms with Gasteiger partial charge in [0, 0.05) is 26.2 Å². The summed E-state index contributed by atoms with van der Waals surface area (Å²) in [5, 5.41) is 0.358. The van der Waals surface area contributed by atoms with E-state index in [0.29, 0.717) is 37.5 Å². The number of benzene rings is 1. The number of halogens is 1. The molecule has 0 aromatic heterocycles. The topological polar surface area (TPSA) is 57.7 Å². The van der Waals surface area contributed by atoms with Gasteiger partial charge in [-0.05, 0) is 45.2 Å². The van der Waals surface area contributed by atoms with E-state index >= 15 is 0 Å². The lowest BCUT2D eigenvalue weighted by atomic mass is 10.1. The number of rotatable bonds is 4. The molecule has 2 fully saturated rings. The van der Waals surface area contributed by atoms with Gasteiger partial charge >= 0.3 is 0 Å². The van der Waals surface area contributed by atoms with Gasteiger partial charge in [-0.25, -0.2) is 8.42 Å². The third kappa shape index (κ3) is 3.51. The van der Waals surface area contributed by atoms with Crippen LogP contribution in [0.25, 0.3) is 0 Å². The van der Waals surface area contributed by atoms with E-state index in [4.69, 9.17) is 11.6 Å². The second kappa shape index (κ2) is 6.80. The van der Waals surface area contributed by atoms with Crippen LogP contribution in [0.2, 0.25) is 5.02 Å². The Kier molecular flexibility index (Phi) is 5.04. The zero-order valence-electron chi connectivity index (χ0n) is 14.7. The number of sulfone groups is 1. The molecule has 1 amide bonds. The number of anilines is 1. The van der Waals surface area contributed by atoms with Gasteiger partial charge in [-0.15, -0.1) is 0 Å². The first-order chi connectivity index (χ1) is 11.7. The summed E-state index contributed by atoms with van der Waals surface area (Å²) in [5.41, 5.74) is 0.961. The highest BCUT2D eigenvalue weighted by atomic mass is 35.5.